The zero-order valence-electron chi connectivity index (χ0n) is 77.5. The van der Waals surface area contributed by atoms with Crippen LogP contribution in [0.3, 0.4) is 0 Å². The summed E-state index contributed by atoms with van der Waals surface area (Å²) in [6, 6.07) is 48.3. The maximum Gasteiger partial charge on any atom is 0.338 e. The smallest absolute Gasteiger partial charge is 0.338 e. The molecule has 732 valence electrons. The van der Waals surface area contributed by atoms with Gasteiger partial charge in [0.15, 0.2) is 57.5 Å². The summed E-state index contributed by atoms with van der Waals surface area (Å²) in [6.45, 7) is 12.7. The Kier molecular flexibility index (Phi) is 28.2. The second-order valence-electron chi connectivity index (χ2n) is 31.6. The molecule has 40 heteroatoms. The Labute approximate surface area is 810 Å². The van der Waals surface area contributed by atoms with Gasteiger partial charge in [-0.05, 0) is 256 Å². The molecule has 17 rings (SSSR count). The summed E-state index contributed by atoms with van der Waals surface area (Å²) in [7, 11) is 0. The van der Waals surface area contributed by atoms with E-state index in [0.717, 1.165) is 0 Å². The highest BCUT2D eigenvalue weighted by molar-refractivity contribution is 6.20. The Morgan fingerprint density at radius 2 is 0.465 bits per heavy atom. The van der Waals surface area contributed by atoms with Crippen LogP contribution in [-0.4, -0.2) is 120 Å². The lowest BCUT2D eigenvalue weighted by molar-refractivity contribution is 0.0517. The number of rotatable bonds is 32. The van der Waals surface area contributed by atoms with Crippen molar-refractivity contribution in [3.63, 3.8) is 0 Å². The third-order valence-corrected chi connectivity index (χ3v) is 22.6. The van der Waals surface area contributed by atoms with Crippen molar-refractivity contribution in [3.8, 4) is 0 Å². The van der Waals surface area contributed by atoms with Gasteiger partial charge in [0.05, 0.1) is 181 Å². The van der Waals surface area contributed by atoms with Crippen LogP contribution in [0, 0.1) is 46.5 Å². The largest absolute Gasteiger partial charge is 0.462 e. The van der Waals surface area contributed by atoms with E-state index < -0.39 is 161 Å². The zero-order valence-corrected chi connectivity index (χ0v) is 77.5. The number of H-pyrrole nitrogens is 3. The van der Waals surface area contributed by atoms with E-state index in [1.54, 1.807) is 55.4 Å². The molecule has 144 heavy (non-hydrogen) atoms. The van der Waals surface area contributed by atoms with Gasteiger partial charge in [-0.1, -0.05) is 0 Å². The molecule has 4 aromatic heterocycles. The first-order valence-electron chi connectivity index (χ1n) is 45.1. The topological polar surface area (TPSA) is 408 Å². The molecule has 5 heterocycles. The zero-order chi connectivity index (χ0) is 102. The van der Waals surface area contributed by atoms with Crippen molar-refractivity contribution in [2.75, 3.05) is 95.5 Å². The maximum atomic E-state index is 18.2. The fourth-order valence-electron chi connectivity index (χ4n) is 16.0. The average Bonchev–Trinajstić information content (AvgIpc) is 1.54. The Morgan fingerprint density at radius 3 is 0.750 bits per heavy atom. The standard InChI is InChI=1S/C104H84F8N16O16/c1-9-137-97(129)50-17-33-58(34-18-50)113-67-49-66-68(84(115-60-37-21-52(22-38-60)99(131)139-11-3)83(67)114-59-35-19-51(20-36-59)98(130)138-10-2)90-120-89(66)121-91-69-70(76(106)80(110)79(109)75(69)105)92(122-91)123-93-71-72(78(108)82(112)81(111)77(71)107)94(124-93)126-96-74-73(95(125-90)128(96)127-65-47-31-57(32-48-65)104(136)144-16-8)85(116-61-39-23-53(24-40-61)100(132)140-12-4)87(118-63-43-27-55(28-44-63)102(134)142-14-6)88(119-64-45-29-56(30-46-64)103(135)143-15-7)86(74)117-62-41-25-54(26-42-62)101(133)141-13-5/h17-49,113-119,127H,9-16H2,1-8H3,(H3,120,121,122,123,124,125,126). The van der Waals surface area contributed by atoms with Crippen molar-refractivity contribution in [1.82, 2.24) is 19.6 Å². The van der Waals surface area contributed by atoms with Crippen molar-refractivity contribution in [2.24, 2.45) is 20.0 Å². The van der Waals surface area contributed by atoms with Crippen LogP contribution in [0.2, 0.25) is 0 Å². The molecule has 1 aliphatic rings. The van der Waals surface area contributed by atoms with Crippen LogP contribution in [0.25, 0.3) is 43.1 Å². The summed E-state index contributed by atoms with van der Waals surface area (Å²) in [4.78, 5) is 138. The number of fused-ring (bicyclic) bond motifs is 20. The summed E-state index contributed by atoms with van der Waals surface area (Å²) in [5, 5.41) is 18.8. The van der Waals surface area contributed by atoms with Crippen LogP contribution < -0.4 is 64.6 Å². The van der Waals surface area contributed by atoms with Gasteiger partial charge in [-0.2, -0.15) is 0 Å². The number of esters is 8. The number of anilines is 15. The minimum absolute atomic E-state index is 0.00368. The summed E-state index contributed by atoms with van der Waals surface area (Å²) in [5.41, 5.74) is 1.39. The third-order valence-electron chi connectivity index (χ3n) is 22.6. The Morgan fingerprint density at radius 1 is 0.243 bits per heavy atom. The highest BCUT2D eigenvalue weighted by Crippen LogP contribution is 2.53. The van der Waals surface area contributed by atoms with Gasteiger partial charge in [0, 0.05) is 45.2 Å². The fourth-order valence-corrected chi connectivity index (χ4v) is 16.0. The van der Waals surface area contributed by atoms with Gasteiger partial charge in [-0.3, -0.25) is 5.43 Å². The van der Waals surface area contributed by atoms with Gasteiger partial charge < -0.3 is 90.1 Å². The molecule has 0 fully saturated rings. The molecule has 0 aliphatic carbocycles. The molecule has 0 atom stereocenters. The normalized spacial score (nSPS) is 11.4. The number of halogens is 8. The number of benzene rings is 12. The Balaban J connectivity index is 1.16. The number of aromatic nitrogens is 4. The summed E-state index contributed by atoms with van der Waals surface area (Å²) < 4.78 is 183. The molecule has 32 nitrogen and oxygen atoms in total. The highest BCUT2D eigenvalue weighted by Gasteiger charge is 2.35. The molecule has 8 bridgehead atoms. The lowest BCUT2D eigenvalue weighted by atomic mass is 10.0. The van der Waals surface area contributed by atoms with Crippen LogP contribution in [0.4, 0.5) is 144 Å². The molecule has 0 spiro atoms. The second kappa shape index (κ2) is 41.7. The number of nitrogens with one attached hydrogen (secondary N) is 11. The van der Waals surface area contributed by atoms with Crippen LogP contribution in [-0.2, 0) is 37.9 Å². The van der Waals surface area contributed by atoms with Gasteiger partial charge in [-0.25, -0.2) is 98.1 Å². The van der Waals surface area contributed by atoms with Crippen LogP contribution in [0.15, 0.2) is 220 Å². The Hall–Kier alpha value is -18.4. The van der Waals surface area contributed by atoms with E-state index in [4.69, 9.17) is 52.9 Å². The summed E-state index contributed by atoms with van der Waals surface area (Å²) in [5.74, 6) is -27.2. The van der Waals surface area contributed by atoms with Crippen molar-refractivity contribution >= 4 is 199 Å². The summed E-state index contributed by atoms with van der Waals surface area (Å²) >= 11 is 0. The predicted molar refractivity (Wildman–Crippen MR) is 521 cm³/mol. The molecule has 11 N–H and O–H groups in total. The molecule has 0 radical (unpaired) electrons. The summed E-state index contributed by atoms with van der Waals surface area (Å²) in [6.07, 6.45) is 0. The van der Waals surface area contributed by atoms with Gasteiger partial charge in [0.1, 0.15) is 34.2 Å². The minimum Gasteiger partial charge on any atom is -0.462 e. The van der Waals surface area contributed by atoms with E-state index in [1.807, 2.05) is 0 Å². The second-order valence-corrected chi connectivity index (χ2v) is 31.6. The van der Waals surface area contributed by atoms with E-state index in [9.17, 15) is 38.4 Å². The molecular formula is C104H84F8N16O16. The molecule has 0 amide bonds. The van der Waals surface area contributed by atoms with Crippen molar-refractivity contribution in [1.29, 1.82) is 0 Å². The minimum atomic E-state index is -2.45. The predicted octanol–water partition coefficient (Wildman–Crippen LogP) is 21.8. The lowest BCUT2D eigenvalue weighted by Gasteiger charge is -2.25. The van der Waals surface area contributed by atoms with Crippen LogP contribution in [0.5, 0.6) is 0 Å². The van der Waals surface area contributed by atoms with Gasteiger partial charge in [-0.15, -0.1) is 0 Å². The van der Waals surface area contributed by atoms with E-state index in [1.165, 1.54) is 205 Å². The molecule has 0 unspecified atom stereocenters. The monoisotopic (exact) mass is 1960 g/mol. The molecule has 1 aliphatic heterocycles. The first-order valence-corrected chi connectivity index (χ1v) is 45.1. The SMILES string of the molecule is CCOC(=O)c1ccc(Nc2cc3c4[nH]c(c3c(Nc3ccc(C(=O)OCC)cc3)c2Nc2ccc(C(=O)OCC)cc2)N=c2c3c(Nc5ccc(C(=O)OCC)cc5)c(Nc5ccc(C(=O)OCC)cc5)c(Nc5ccc(C(=O)OCC)cc5)c(Nc5ccc(C(=O)OCC)cc5)c3c(n2Nc2ccc(C(=O)OCC)cc2)=Nc2[nH]c(c3c(F)c(F)c(F)c(F)c23)N=c2[nH]c(c3c(F)c(F)c(F)c(F)c23)=N4)cc1. The Bertz CT molecular complexity index is 8110. The first-order chi connectivity index (χ1) is 69.6. The first kappa shape index (κ1) is 97.3. The molecule has 16 aromatic rings. The number of hydrogen-bond donors (Lipinski definition) is 11. The molecule has 0 saturated heterocycles. The number of nitrogens with zero attached hydrogens (tertiary/aromatic N) is 5. The van der Waals surface area contributed by atoms with Crippen molar-refractivity contribution < 1.29 is 111 Å². The van der Waals surface area contributed by atoms with Crippen molar-refractivity contribution in [2.45, 2.75) is 55.4 Å². The van der Waals surface area contributed by atoms with Gasteiger partial charge >= 0.3 is 47.8 Å². The van der Waals surface area contributed by atoms with Crippen LogP contribution in [0.1, 0.15) is 138 Å². The number of aromatic amines is 3. The maximum absolute atomic E-state index is 18.2. The van der Waals surface area contributed by atoms with Gasteiger partial charge in [0.25, 0.3) is 0 Å². The van der Waals surface area contributed by atoms with E-state index >= 15 is 35.1 Å². The van der Waals surface area contributed by atoms with E-state index in [0.29, 0.717) is 0 Å². The lowest BCUT2D eigenvalue weighted by Crippen LogP contribution is -2.33. The van der Waals surface area contributed by atoms with Gasteiger partial charge in [0.2, 0.25) is 0 Å². The molecule has 12 aromatic carbocycles. The van der Waals surface area contributed by atoms with Crippen LogP contribution >= 0.6 is 0 Å². The molecule has 0 saturated carbocycles. The highest BCUT2D eigenvalue weighted by atomic mass is 19.2. The number of carbonyl (C=O) groups is 8. The number of ether oxygens (including phenoxy) is 8. The van der Waals surface area contributed by atoms with E-state index in [-0.39, 0.29) is 204 Å². The molecular weight excluding hydrogens is 1880 g/mol. The average molecular weight is 1970 g/mol. The van der Waals surface area contributed by atoms with Crippen molar-refractivity contribution in [3.05, 3.63) is 313 Å². The fraction of sp³-hybridized carbons (Fsp3) is 0.154. The third kappa shape index (κ3) is 19.4. The quantitative estimate of drug-likeness (QED) is 0.00613. The van der Waals surface area contributed by atoms with E-state index in [2.05, 4.69) is 62.6 Å². The number of hydrogen-bond acceptors (Lipinski definition) is 28. The number of carbonyl (C=O) groups excluding carboxylic acids is 8.